The molecule has 7 N–H and O–H groups in total. The van der Waals surface area contributed by atoms with Crippen LogP contribution in [0.1, 0.15) is 27.0 Å². The van der Waals surface area contributed by atoms with Crippen LogP contribution in [0.5, 0.6) is 5.75 Å². The van der Waals surface area contributed by atoms with Crippen molar-refractivity contribution in [2.24, 2.45) is 5.73 Å². The highest BCUT2D eigenvalue weighted by atomic mass is 31.2. The normalized spacial score (nSPS) is 24.1. The minimum absolute atomic E-state index is 0.0378. The molecule has 2 unspecified atom stereocenters. The van der Waals surface area contributed by atoms with Crippen LogP contribution in [-0.2, 0) is 23.4 Å². The molecule has 15 nitrogen and oxygen atoms in total. The van der Waals surface area contributed by atoms with Gasteiger partial charge in [-0.25, -0.2) is 13.9 Å². The van der Waals surface area contributed by atoms with Crippen molar-refractivity contribution < 1.29 is 37.4 Å². The molecule has 42 heavy (non-hydrogen) atoms. The molecular weight excluding hydrogens is 576 g/mol. The first-order chi connectivity index (χ1) is 19.9. The minimum atomic E-state index is -4.34. The number of benzene rings is 1. The average molecular weight is 608 g/mol. The van der Waals surface area contributed by atoms with E-state index in [0.29, 0.717) is 0 Å². The number of hydrogen-bond acceptors (Lipinski definition) is 12. The van der Waals surface area contributed by atoms with Gasteiger partial charge in [0.25, 0.3) is 5.56 Å². The number of nitrogens with one attached hydrogen (secondary N) is 2. The Morgan fingerprint density at radius 2 is 2.07 bits per heavy atom. The van der Waals surface area contributed by atoms with Crippen LogP contribution in [-0.4, -0.2) is 73.8 Å². The number of para-hydroxylation sites is 1. The summed E-state index contributed by atoms with van der Waals surface area (Å²) in [5.41, 5.74) is 9.41. The number of H-pyrrole nitrogens is 1. The van der Waals surface area contributed by atoms with Crippen molar-refractivity contribution in [1.29, 1.82) is 0 Å². The Morgan fingerprint density at radius 1 is 1.36 bits per heavy atom. The molecule has 0 spiro atoms. The van der Waals surface area contributed by atoms with Gasteiger partial charge in [0.2, 0.25) is 5.95 Å². The fourth-order valence-corrected chi connectivity index (χ4v) is 5.68. The number of esters is 1. The van der Waals surface area contributed by atoms with Gasteiger partial charge in [-0.05, 0) is 32.9 Å². The molecular formula is C25H31FN7O8P. The molecule has 2 aromatic heterocycles. The van der Waals surface area contributed by atoms with Gasteiger partial charge in [-0.2, -0.15) is 10.1 Å². The molecule has 1 aliphatic rings. The van der Waals surface area contributed by atoms with E-state index >= 15 is 0 Å². The number of fused-ring (bicyclic) bond motifs is 1. The van der Waals surface area contributed by atoms with E-state index in [1.54, 1.807) is 32.0 Å². The predicted octanol–water partition coefficient (Wildman–Crippen LogP) is 0.764. The molecule has 1 aliphatic heterocycles. The highest BCUT2D eigenvalue weighted by Crippen LogP contribution is 2.47. The summed E-state index contributed by atoms with van der Waals surface area (Å²) in [6.07, 6.45) is -3.59. The van der Waals surface area contributed by atoms with Gasteiger partial charge in [0.15, 0.2) is 22.9 Å². The molecule has 4 rings (SSSR count). The Hall–Kier alpha value is -3.84. The van der Waals surface area contributed by atoms with E-state index in [1.807, 2.05) is 0 Å². The predicted molar refractivity (Wildman–Crippen MR) is 148 cm³/mol. The number of aliphatic hydroxyl groups is 1. The maximum absolute atomic E-state index is 13.9. The van der Waals surface area contributed by atoms with E-state index < -0.39 is 68.7 Å². The van der Waals surface area contributed by atoms with Gasteiger partial charge in [0, 0.05) is 0 Å². The summed E-state index contributed by atoms with van der Waals surface area (Å²) in [7, 11) is -4.34. The first kappa shape index (κ1) is 31.1. The number of ether oxygens (including phenoxy) is 2. The molecule has 1 aromatic carbocycles. The van der Waals surface area contributed by atoms with E-state index in [4.69, 9.17) is 30.0 Å². The second-order valence-corrected chi connectivity index (χ2v) is 11.3. The molecule has 0 aliphatic carbocycles. The zero-order valence-corrected chi connectivity index (χ0v) is 23.8. The van der Waals surface area contributed by atoms with Gasteiger partial charge >= 0.3 is 13.7 Å². The van der Waals surface area contributed by atoms with Gasteiger partial charge in [-0.1, -0.05) is 30.0 Å². The van der Waals surface area contributed by atoms with Crippen molar-refractivity contribution in [3.05, 3.63) is 47.0 Å². The standard InChI is InChI=1S/C25H31FN7O8P/c1-14(2)39-22(36)15(3)32-42(37,41-16-8-5-4-6-9-16)38-12-17-19(34)25(28,10-7-11-26)23(40-17)33-13-29-18-20(33)30-24(27)31-21(18)35/h4-6,8-9,13-15,17,19,23,34H,11-12,28H2,1-3H3,(H,32,37)(H3,27,30,31,35)/t15-,17+,19?,23+,25+,42?/m0/s1. The number of halogens is 1. The van der Waals surface area contributed by atoms with Gasteiger partial charge in [0.1, 0.15) is 30.7 Å². The maximum Gasteiger partial charge on any atom is 0.459 e. The van der Waals surface area contributed by atoms with Crippen molar-refractivity contribution in [3.8, 4) is 17.6 Å². The fourth-order valence-electron chi connectivity index (χ4n) is 4.18. The van der Waals surface area contributed by atoms with Gasteiger partial charge in [0.05, 0.1) is 19.0 Å². The summed E-state index contributed by atoms with van der Waals surface area (Å²) in [5, 5.41) is 13.7. The summed E-state index contributed by atoms with van der Waals surface area (Å²) in [4.78, 5) is 35.1. The number of nitrogen functional groups attached to an aromatic ring is 1. The number of alkyl halides is 1. The van der Waals surface area contributed by atoms with Crippen LogP contribution >= 0.6 is 7.75 Å². The number of aliphatic hydroxyl groups excluding tert-OH is 1. The molecule has 0 bridgehead atoms. The Bertz CT molecular complexity index is 1590. The first-order valence-electron chi connectivity index (χ1n) is 12.7. The van der Waals surface area contributed by atoms with Crippen molar-refractivity contribution in [3.63, 3.8) is 0 Å². The summed E-state index contributed by atoms with van der Waals surface area (Å²) in [6, 6.07) is 6.91. The van der Waals surface area contributed by atoms with Gasteiger partial charge < -0.3 is 30.6 Å². The molecule has 0 amide bonds. The molecule has 226 valence electrons. The van der Waals surface area contributed by atoms with Crippen molar-refractivity contribution in [2.75, 3.05) is 19.0 Å². The molecule has 3 heterocycles. The quantitative estimate of drug-likeness (QED) is 0.122. The monoisotopic (exact) mass is 607 g/mol. The second-order valence-electron chi connectivity index (χ2n) is 9.65. The van der Waals surface area contributed by atoms with E-state index in [2.05, 4.69) is 31.9 Å². The lowest BCUT2D eigenvalue weighted by Gasteiger charge is -2.28. The molecule has 1 saturated heterocycles. The lowest BCUT2D eigenvalue weighted by Crippen LogP contribution is -2.53. The maximum atomic E-state index is 13.9. The highest BCUT2D eigenvalue weighted by molar-refractivity contribution is 7.52. The number of hydrogen-bond donors (Lipinski definition) is 5. The lowest BCUT2D eigenvalue weighted by molar-refractivity contribution is -0.149. The largest absolute Gasteiger partial charge is 0.462 e. The van der Waals surface area contributed by atoms with Crippen LogP contribution in [0.3, 0.4) is 0 Å². The third kappa shape index (κ3) is 6.62. The summed E-state index contributed by atoms with van der Waals surface area (Å²) >= 11 is 0. The lowest BCUT2D eigenvalue weighted by atomic mass is 9.91. The van der Waals surface area contributed by atoms with Crippen LogP contribution in [0.2, 0.25) is 0 Å². The average Bonchev–Trinajstić information content (AvgIpc) is 3.45. The number of anilines is 1. The molecule has 3 aromatic rings. The van der Waals surface area contributed by atoms with Gasteiger partial charge in [-0.15, -0.1) is 0 Å². The van der Waals surface area contributed by atoms with E-state index in [0.717, 1.165) is 0 Å². The first-order valence-corrected chi connectivity index (χ1v) is 14.3. The van der Waals surface area contributed by atoms with E-state index in [9.17, 15) is 23.7 Å². The number of aromatic nitrogens is 4. The summed E-state index contributed by atoms with van der Waals surface area (Å²) < 4.78 is 50.5. The van der Waals surface area contributed by atoms with E-state index in [1.165, 1.54) is 30.0 Å². The Labute approximate surface area is 239 Å². The fraction of sp³-hybridized carbons (Fsp3) is 0.440. The SMILES string of the molecule is CC(C)OC(=O)[C@H](C)NP(=O)(OC[C@H]1O[C@@H](n2cnc3c(=O)[nH]c(N)nc32)[C@@](N)(C#CCF)C1O)Oc1ccccc1. The number of nitrogens with two attached hydrogens (primary N) is 2. The topological polar surface area (TPSA) is 219 Å². The third-order valence-corrected chi connectivity index (χ3v) is 7.71. The third-order valence-electron chi connectivity index (χ3n) is 6.06. The van der Waals surface area contributed by atoms with Crippen LogP contribution < -0.4 is 26.6 Å². The van der Waals surface area contributed by atoms with Crippen molar-refractivity contribution in [2.45, 2.75) is 56.9 Å². The molecule has 17 heteroatoms. The summed E-state index contributed by atoms with van der Waals surface area (Å²) in [6.45, 7) is 3.05. The molecule has 0 radical (unpaired) electrons. The number of carbonyl (C=O) groups is 1. The molecule has 1 fully saturated rings. The van der Waals surface area contributed by atoms with Crippen LogP contribution in [0.25, 0.3) is 11.2 Å². The number of aromatic amines is 1. The smallest absolute Gasteiger partial charge is 0.459 e. The second kappa shape index (κ2) is 12.6. The minimum Gasteiger partial charge on any atom is -0.462 e. The zero-order chi connectivity index (χ0) is 30.7. The number of carbonyl (C=O) groups excluding carboxylic acids is 1. The Balaban J connectivity index is 1.63. The van der Waals surface area contributed by atoms with Gasteiger partial charge in [-0.3, -0.25) is 23.7 Å². The van der Waals surface area contributed by atoms with E-state index in [-0.39, 0.29) is 22.9 Å². The van der Waals surface area contributed by atoms with Crippen molar-refractivity contribution >= 4 is 30.8 Å². The molecule has 0 saturated carbocycles. The van der Waals surface area contributed by atoms with Crippen molar-refractivity contribution in [1.82, 2.24) is 24.6 Å². The molecule has 6 atom stereocenters. The van der Waals surface area contributed by atoms with Crippen LogP contribution in [0.4, 0.5) is 10.3 Å². The Kier molecular flexibility index (Phi) is 9.31. The number of rotatable bonds is 10. The number of imidazole rings is 1. The van der Waals surface area contributed by atoms with Crippen LogP contribution in [0.15, 0.2) is 41.5 Å². The van der Waals surface area contributed by atoms with Crippen LogP contribution in [0, 0.1) is 11.8 Å². The highest BCUT2D eigenvalue weighted by Gasteiger charge is 2.55. The summed E-state index contributed by atoms with van der Waals surface area (Å²) in [5.74, 6) is 3.89. The Morgan fingerprint density at radius 3 is 2.74 bits per heavy atom. The zero-order valence-electron chi connectivity index (χ0n) is 22.9. The number of nitrogens with zero attached hydrogens (tertiary/aromatic N) is 3.